The Morgan fingerprint density at radius 1 is 1.54 bits per heavy atom. The number of imidazole rings is 1. The van der Waals surface area contributed by atoms with Gasteiger partial charge in [-0.25, -0.2) is 4.98 Å². The lowest BCUT2D eigenvalue weighted by Gasteiger charge is -2.31. The molecule has 1 aromatic heterocycles. The Bertz CT molecular complexity index is 235. The Morgan fingerprint density at radius 2 is 2.31 bits per heavy atom. The average Bonchev–Trinajstić information content (AvgIpc) is 2.71. The molecule has 2 rings (SSSR count). The molecule has 1 saturated heterocycles. The van der Waals surface area contributed by atoms with Crippen LogP contribution in [0, 0.1) is 12.8 Å². The van der Waals surface area contributed by atoms with E-state index >= 15 is 0 Å². The molecule has 1 radical (unpaired) electrons. The number of hydrogen-bond donors (Lipinski definition) is 1. The zero-order valence-corrected chi connectivity index (χ0v) is 7.87. The quantitative estimate of drug-likeness (QED) is 0.749. The monoisotopic (exact) mass is 178 g/mol. The van der Waals surface area contributed by atoms with Crippen molar-refractivity contribution in [2.75, 3.05) is 18.0 Å². The molecule has 1 aromatic rings. The van der Waals surface area contributed by atoms with Gasteiger partial charge in [-0.1, -0.05) is 13.3 Å². The number of piperidine rings is 1. The second-order valence-electron chi connectivity index (χ2n) is 3.63. The van der Waals surface area contributed by atoms with Gasteiger partial charge in [0.15, 0.2) is 0 Å². The summed E-state index contributed by atoms with van der Waals surface area (Å²) in [5.41, 5.74) is 0. The smallest absolute Gasteiger partial charge is 0.202 e. The molecule has 1 fully saturated rings. The van der Waals surface area contributed by atoms with Crippen LogP contribution in [0.1, 0.15) is 19.3 Å². The van der Waals surface area contributed by atoms with Gasteiger partial charge >= 0.3 is 0 Å². The topological polar surface area (TPSA) is 31.9 Å². The Hall–Kier alpha value is -0.990. The van der Waals surface area contributed by atoms with Crippen molar-refractivity contribution in [3.8, 4) is 0 Å². The maximum absolute atomic E-state index is 4.25. The molecule has 0 bridgehead atoms. The third kappa shape index (κ3) is 1.85. The predicted molar refractivity (Wildman–Crippen MR) is 53.5 cm³/mol. The molecule has 0 spiro atoms. The minimum Gasteiger partial charge on any atom is -0.342 e. The number of hydrogen-bond acceptors (Lipinski definition) is 2. The van der Waals surface area contributed by atoms with E-state index in [9.17, 15) is 0 Å². The van der Waals surface area contributed by atoms with Crippen LogP contribution in [0.25, 0.3) is 0 Å². The summed E-state index contributed by atoms with van der Waals surface area (Å²) in [7, 11) is 0. The van der Waals surface area contributed by atoms with Crippen molar-refractivity contribution in [3.63, 3.8) is 0 Å². The maximum atomic E-state index is 4.25. The zero-order valence-electron chi connectivity index (χ0n) is 7.87. The van der Waals surface area contributed by atoms with E-state index < -0.39 is 0 Å². The Labute approximate surface area is 79.2 Å². The zero-order chi connectivity index (χ0) is 9.10. The van der Waals surface area contributed by atoms with Crippen LogP contribution in [0.4, 0.5) is 5.95 Å². The highest BCUT2D eigenvalue weighted by Gasteiger charge is 2.18. The molecule has 71 valence electrons. The molecule has 3 heteroatoms. The van der Waals surface area contributed by atoms with Crippen LogP contribution in [0.15, 0.2) is 12.4 Å². The first-order valence-corrected chi connectivity index (χ1v) is 4.93. The van der Waals surface area contributed by atoms with Crippen LogP contribution in [-0.4, -0.2) is 23.1 Å². The lowest BCUT2D eigenvalue weighted by molar-refractivity contribution is 0.405. The molecular weight excluding hydrogens is 162 g/mol. The van der Waals surface area contributed by atoms with E-state index in [1.165, 1.54) is 12.8 Å². The first-order chi connectivity index (χ1) is 6.40. The summed E-state index contributed by atoms with van der Waals surface area (Å²) in [6.45, 7) is 6.19. The molecule has 0 aliphatic carbocycles. The molecule has 3 nitrogen and oxygen atoms in total. The molecule has 0 amide bonds. The third-order valence-corrected chi connectivity index (χ3v) is 2.81. The van der Waals surface area contributed by atoms with Gasteiger partial charge in [-0.2, -0.15) is 0 Å². The van der Waals surface area contributed by atoms with Gasteiger partial charge < -0.3 is 9.88 Å². The lowest BCUT2D eigenvalue weighted by atomic mass is 9.95. The van der Waals surface area contributed by atoms with Gasteiger partial charge in [0.05, 0.1) is 0 Å². The number of aromatic amines is 1. The summed E-state index contributed by atoms with van der Waals surface area (Å²) in [5, 5.41) is 0. The second kappa shape index (κ2) is 3.81. The fraction of sp³-hybridized carbons (Fsp3) is 0.600. The van der Waals surface area contributed by atoms with Crippen molar-refractivity contribution in [2.45, 2.75) is 19.3 Å². The van der Waals surface area contributed by atoms with Gasteiger partial charge in [-0.15, -0.1) is 0 Å². The Morgan fingerprint density at radius 3 is 2.85 bits per heavy atom. The van der Waals surface area contributed by atoms with Crippen molar-refractivity contribution >= 4 is 5.95 Å². The summed E-state index contributed by atoms with van der Waals surface area (Å²) < 4.78 is 0. The summed E-state index contributed by atoms with van der Waals surface area (Å²) >= 11 is 0. The number of H-pyrrole nitrogens is 1. The van der Waals surface area contributed by atoms with Gasteiger partial charge in [0.1, 0.15) is 0 Å². The average molecular weight is 178 g/mol. The van der Waals surface area contributed by atoms with Crippen LogP contribution in [0.3, 0.4) is 0 Å². The van der Waals surface area contributed by atoms with Crippen molar-refractivity contribution in [3.05, 3.63) is 19.3 Å². The minimum absolute atomic E-state index is 0.825. The van der Waals surface area contributed by atoms with Crippen LogP contribution in [0.2, 0.25) is 0 Å². The first-order valence-electron chi connectivity index (χ1n) is 4.93. The van der Waals surface area contributed by atoms with Gasteiger partial charge in [0.2, 0.25) is 5.95 Å². The highest BCUT2D eigenvalue weighted by Crippen LogP contribution is 2.22. The summed E-state index contributed by atoms with van der Waals surface area (Å²) in [6, 6.07) is 0. The molecule has 1 N–H and O–H groups in total. The first kappa shape index (κ1) is 8.60. The summed E-state index contributed by atoms with van der Waals surface area (Å²) in [5.74, 6) is 1.84. The molecule has 0 unspecified atom stereocenters. The highest BCUT2D eigenvalue weighted by atomic mass is 15.3. The van der Waals surface area contributed by atoms with E-state index in [-0.39, 0.29) is 0 Å². The lowest BCUT2D eigenvalue weighted by Crippen LogP contribution is -2.34. The molecule has 1 aliphatic heterocycles. The van der Waals surface area contributed by atoms with Crippen LogP contribution >= 0.6 is 0 Å². The number of anilines is 1. The molecule has 13 heavy (non-hydrogen) atoms. The third-order valence-electron chi connectivity index (χ3n) is 2.81. The molecule has 0 aromatic carbocycles. The Balaban J connectivity index is 1.92. The van der Waals surface area contributed by atoms with Crippen molar-refractivity contribution in [2.24, 2.45) is 5.92 Å². The maximum Gasteiger partial charge on any atom is 0.202 e. The number of nitrogens with zero attached hydrogens (tertiary/aromatic N) is 2. The fourth-order valence-electron chi connectivity index (χ4n) is 1.86. The molecular formula is C10H16N3. The van der Waals surface area contributed by atoms with Crippen LogP contribution in [0.5, 0.6) is 0 Å². The number of nitrogens with one attached hydrogen (secondary N) is 1. The normalized spacial score (nSPS) is 19.3. The molecule has 2 heterocycles. The Kier molecular flexibility index (Phi) is 2.52. The van der Waals surface area contributed by atoms with E-state index in [2.05, 4.69) is 21.8 Å². The van der Waals surface area contributed by atoms with Crippen molar-refractivity contribution in [1.82, 2.24) is 9.97 Å². The standard InChI is InChI=1S/C10H16N3/c1-2-9-3-7-13(8-4-9)10-11-5-6-12-10/h5-6,9H,1-4,7-8H2,(H,11,12). The number of aromatic nitrogens is 2. The van der Waals surface area contributed by atoms with Gasteiger partial charge in [-0.3, -0.25) is 0 Å². The molecule has 0 saturated carbocycles. The minimum atomic E-state index is 0.825. The SMILES string of the molecule is [CH2]CC1CCN(c2ncc[nH]2)CC1. The van der Waals surface area contributed by atoms with Crippen molar-refractivity contribution in [1.29, 1.82) is 0 Å². The molecule has 1 aliphatic rings. The van der Waals surface area contributed by atoms with Crippen molar-refractivity contribution < 1.29 is 0 Å². The van der Waals surface area contributed by atoms with E-state index in [1.54, 1.807) is 0 Å². The van der Waals surface area contributed by atoms with Gasteiger partial charge in [0, 0.05) is 25.5 Å². The second-order valence-corrected chi connectivity index (χ2v) is 3.63. The van der Waals surface area contributed by atoms with Crippen LogP contribution < -0.4 is 4.90 Å². The van der Waals surface area contributed by atoms with E-state index in [0.717, 1.165) is 31.4 Å². The van der Waals surface area contributed by atoms with E-state index in [0.29, 0.717) is 0 Å². The number of rotatable bonds is 2. The molecule has 0 atom stereocenters. The van der Waals surface area contributed by atoms with E-state index in [4.69, 9.17) is 0 Å². The van der Waals surface area contributed by atoms with Gasteiger partial charge in [0.25, 0.3) is 0 Å². The summed E-state index contributed by atoms with van der Waals surface area (Å²) in [4.78, 5) is 9.70. The predicted octanol–water partition coefficient (Wildman–Crippen LogP) is 1.85. The van der Waals surface area contributed by atoms with Crippen LogP contribution in [-0.2, 0) is 0 Å². The highest BCUT2D eigenvalue weighted by molar-refractivity contribution is 5.29. The van der Waals surface area contributed by atoms with E-state index in [1.807, 2.05) is 12.4 Å². The summed E-state index contributed by atoms with van der Waals surface area (Å²) in [6.07, 6.45) is 7.27. The van der Waals surface area contributed by atoms with Gasteiger partial charge in [-0.05, 0) is 18.8 Å². The largest absolute Gasteiger partial charge is 0.342 e. The fourth-order valence-corrected chi connectivity index (χ4v) is 1.86.